The van der Waals surface area contributed by atoms with Crippen molar-refractivity contribution in [2.24, 2.45) is 0 Å². The van der Waals surface area contributed by atoms with E-state index in [1.807, 2.05) is 24.1 Å². The van der Waals surface area contributed by atoms with Gasteiger partial charge in [-0.3, -0.25) is 4.79 Å². The zero-order chi connectivity index (χ0) is 13.7. The van der Waals surface area contributed by atoms with Crippen molar-refractivity contribution in [3.63, 3.8) is 0 Å². The van der Waals surface area contributed by atoms with Gasteiger partial charge in [0.05, 0.1) is 5.02 Å². The van der Waals surface area contributed by atoms with Crippen LogP contribution in [0.3, 0.4) is 0 Å². The van der Waals surface area contributed by atoms with Gasteiger partial charge in [0.25, 0.3) is 5.91 Å². The van der Waals surface area contributed by atoms with E-state index in [-0.39, 0.29) is 12.5 Å². The van der Waals surface area contributed by atoms with E-state index < -0.39 is 0 Å². The zero-order valence-corrected chi connectivity index (χ0v) is 11.8. The van der Waals surface area contributed by atoms with E-state index in [0.29, 0.717) is 16.8 Å². The van der Waals surface area contributed by atoms with E-state index in [2.05, 4.69) is 5.32 Å². The second kappa shape index (κ2) is 6.78. The van der Waals surface area contributed by atoms with E-state index in [4.69, 9.17) is 16.3 Å². The summed E-state index contributed by atoms with van der Waals surface area (Å²) in [5, 5.41) is 3.77. The van der Waals surface area contributed by atoms with Crippen LogP contribution >= 0.6 is 11.6 Å². The summed E-state index contributed by atoms with van der Waals surface area (Å²) in [6.07, 6.45) is 1.99. The molecule has 0 atom stereocenters. The number of amides is 1. The van der Waals surface area contributed by atoms with E-state index in [0.717, 1.165) is 25.9 Å². The molecule has 0 radical (unpaired) electrons. The highest BCUT2D eigenvalue weighted by molar-refractivity contribution is 6.32. The monoisotopic (exact) mass is 282 g/mol. The number of carbonyl (C=O) groups excluding carboxylic acids is 1. The van der Waals surface area contributed by atoms with Gasteiger partial charge in [0.2, 0.25) is 0 Å². The fourth-order valence-electron chi connectivity index (χ4n) is 2.21. The third-order valence-electron chi connectivity index (χ3n) is 3.44. The number of hydrogen-bond acceptors (Lipinski definition) is 3. The predicted octanol–water partition coefficient (Wildman–Crippen LogP) is 1.93. The molecule has 0 unspecified atom stereocenters. The maximum absolute atomic E-state index is 12.0. The molecule has 104 valence electrons. The van der Waals surface area contributed by atoms with Crippen LogP contribution in [0.5, 0.6) is 5.75 Å². The van der Waals surface area contributed by atoms with Crippen molar-refractivity contribution < 1.29 is 9.53 Å². The molecule has 1 aliphatic rings. The number of halogens is 1. The Morgan fingerprint density at radius 3 is 2.74 bits per heavy atom. The number of nitrogens with one attached hydrogen (secondary N) is 1. The van der Waals surface area contributed by atoms with Crippen LogP contribution in [0.25, 0.3) is 0 Å². The summed E-state index contributed by atoms with van der Waals surface area (Å²) in [5.41, 5.74) is 0. The molecule has 0 bridgehead atoms. The van der Waals surface area contributed by atoms with Crippen molar-refractivity contribution >= 4 is 17.5 Å². The van der Waals surface area contributed by atoms with Crippen molar-refractivity contribution in [3.8, 4) is 5.75 Å². The average molecular weight is 283 g/mol. The minimum Gasteiger partial charge on any atom is -0.482 e. The normalized spacial score (nSPS) is 16.4. The number of ether oxygens (including phenoxy) is 1. The minimum atomic E-state index is 0.0227. The summed E-state index contributed by atoms with van der Waals surface area (Å²) in [7, 11) is 1.96. The van der Waals surface area contributed by atoms with Gasteiger partial charge in [-0.2, -0.15) is 0 Å². The Bertz CT molecular complexity index is 431. The van der Waals surface area contributed by atoms with E-state index in [1.54, 1.807) is 12.1 Å². The lowest BCUT2D eigenvalue weighted by Gasteiger charge is -2.31. The van der Waals surface area contributed by atoms with E-state index in [9.17, 15) is 4.79 Å². The molecule has 5 heteroatoms. The number of benzene rings is 1. The Morgan fingerprint density at radius 1 is 1.42 bits per heavy atom. The molecule has 0 aromatic heterocycles. The second-order valence-electron chi connectivity index (χ2n) is 4.66. The Balaban J connectivity index is 1.81. The van der Waals surface area contributed by atoms with Gasteiger partial charge in [0, 0.05) is 19.1 Å². The first kappa shape index (κ1) is 14.2. The van der Waals surface area contributed by atoms with Crippen molar-refractivity contribution in [1.29, 1.82) is 0 Å². The maximum atomic E-state index is 12.0. The molecular weight excluding hydrogens is 264 g/mol. The molecule has 1 heterocycles. The summed E-state index contributed by atoms with van der Waals surface area (Å²) >= 11 is 5.97. The first-order chi connectivity index (χ1) is 9.20. The van der Waals surface area contributed by atoms with Crippen molar-refractivity contribution in [3.05, 3.63) is 29.3 Å². The molecule has 0 saturated carbocycles. The average Bonchev–Trinajstić information content (AvgIpc) is 2.46. The van der Waals surface area contributed by atoms with Gasteiger partial charge in [-0.1, -0.05) is 23.7 Å². The van der Waals surface area contributed by atoms with Crippen LogP contribution < -0.4 is 10.1 Å². The largest absolute Gasteiger partial charge is 0.482 e. The number of hydrogen-bond donors (Lipinski definition) is 1. The highest BCUT2D eigenvalue weighted by Gasteiger charge is 2.21. The topological polar surface area (TPSA) is 41.6 Å². The molecule has 0 spiro atoms. The van der Waals surface area contributed by atoms with Crippen molar-refractivity contribution in [2.45, 2.75) is 18.9 Å². The van der Waals surface area contributed by atoms with Gasteiger partial charge >= 0.3 is 0 Å². The van der Waals surface area contributed by atoms with Gasteiger partial charge in [0.1, 0.15) is 5.75 Å². The molecule has 0 aliphatic carbocycles. The number of nitrogens with zero attached hydrogens (tertiary/aromatic N) is 1. The molecule has 1 amide bonds. The van der Waals surface area contributed by atoms with Crippen LogP contribution in [0.2, 0.25) is 5.02 Å². The van der Waals surface area contributed by atoms with Crippen LogP contribution in [-0.4, -0.2) is 43.6 Å². The summed E-state index contributed by atoms with van der Waals surface area (Å²) in [6, 6.07) is 7.71. The van der Waals surface area contributed by atoms with Gasteiger partial charge in [-0.15, -0.1) is 0 Å². The van der Waals surface area contributed by atoms with Crippen LogP contribution in [0.15, 0.2) is 24.3 Å². The van der Waals surface area contributed by atoms with Gasteiger partial charge in [-0.25, -0.2) is 0 Å². The summed E-state index contributed by atoms with van der Waals surface area (Å²) in [6.45, 7) is 1.63. The van der Waals surface area contributed by atoms with Gasteiger partial charge < -0.3 is 15.0 Å². The summed E-state index contributed by atoms with van der Waals surface area (Å²) in [5.74, 6) is 0.581. The molecule has 1 aliphatic heterocycles. The van der Waals surface area contributed by atoms with Crippen LogP contribution in [0, 0.1) is 0 Å². The molecule has 1 N–H and O–H groups in total. The smallest absolute Gasteiger partial charge is 0.260 e. The summed E-state index contributed by atoms with van der Waals surface area (Å²) in [4.78, 5) is 13.9. The van der Waals surface area contributed by atoms with Gasteiger partial charge in [0.15, 0.2) is 6.61 Å². The number of para-hydroxylation sites is 1. The Hall–Kier alpha value is -1.26. The molecule has 19 heavy (non-hydrogen) atoms. The van der Waals surface area contributed by atoms with E-state index in [1.165, 1.54) is 0 Å². The molecule has 1 aromatic carbocycles. The first-order valence-electron chi connectivity index (χ1n) is 6.53. The number of likely N-dealkylation sites (tertiary alicyclic amines) is 1. The lowest BCUT2D eigenvalue weighted by molar-refractivity contribution is -0.134. The highest BCUT2D eigenvalue weighted by Crippen LogP contribution is 2.23. The number of piperidine rings is 1. The quantitative estimate of drug-likeness (QED) is 0.917. The minimum absolute atomic E-state index is 0.0227. The van der Waals surface area contributed by atoms with Crippen molar-refractivity contribution in [1.82, 2.24) is 10.2 Å². The Kier molecular flexibility index (Phi) is 5.05. The second-order valence-corrected chi connectivity index (χ2v) is 5.07. The molecule has 1 saturated heterocycles. The molecular formula is C14H19ClN2O2. The van der Waals surface area contributed by atoms with E-state index >= 15 is 0 Å². The Labute approximate surface area is 118 Å². The van der Waals surface area contributed by atoms with Crippen molar-refractivity contribution in [2.75, 3.05) is 26.7 Å². The van der Waals surface area contributed by atoms with Crippen LogP contribution in [0.4, 0.5) is 0 Å². The predicted molar refractivity (Wildman–Crippen MR) is 75.6 cm³/mol. The fraction of sp³-hybridized carbons (Fsp3) is 0.500. The summed E-state index contributed by atoms with van der Waals surface area (Å²) < 4.78 is 5.47. The number of rotatable bonds is 4. The highest BCUT2D eigenvalue weighted by atomic mass is 35.5. The third-order valence-corrected chi connectivity index (χ3v) is 3.76. The first-order valence-corrected chi connectivity index (χ1v) is 6.91. The third kappa shape index (κ3) is 3.85. The molecule has 1 aromatic rings. The molecule has 1 fully saturated rings. The van der Waals surface area contributed by atoms with Gasteiger partial charge in [-0.05, 0) is 32.0 Å². The standard InChI is InChI=1S/C14H19ClN2O2/c1-16-11-6-8-17(9-7-11)14(18)10-19-13-5-3-2-4-12(13)15/h2-5,11,16H,6-10H2,1H3. The maximum Gasteiger partial charge on any atom is 0.260 e. The zero-order valence-electron chi connectivity index (χ0n) is 11.1. The lowest BCUT2D eigenvalue weighted by Crippen LogP contribution is -2.45. The van der Waals surface area contributed by atoms with Crippen LogP contribution in [-0.2, 0) is 4.79 Å². The van der Waals surface area contributed by atoms with Crippen LogP contribution in [0.1, 0.15) is 12.8 Å². The lowest BCUT2D eigenvalue weighted by atomic mass is 10.1. The molecule has 4 nitrogen and oxygen atoms in total. The Morgan fingerprint density at radius 2 is 2.11 bits per heavy atom. The molecule has 2 rings (SSSR count). The SMILES string of the molecule is CNC1CCN(C(=O)COc2ccccc2Cl)CC1. The fourth-order valence-corrected chi connectivity index (χ4v) is 2.40. The number of carbonyl (C=O) groups is 1.